The lowest BCUT2D eigenvalue weighted by Gasteiger charge is -2.34. The Kier molecular flexibility index (Phi) is 6.33. The third kappa shape index (κ3) is 5.95. The Hall–Kier alpha value is -1.15. The first kappa shape index (κ1) is 18.6. The van der Waals surface area contributed by atoms with Gasteiger partial charge in [-0.3, -0.25) is 19.4 Å². The Morgan fingerprint density at radius 1 is 1.24 bits per heavy atom. The Balaban J connectivity index is 1.36. The maximum absolute atomic E-state index is 12.3. The number of carbonyl (C=O) groups excluding carboxylic acids is 2. The number of hydrogen-bond donors (Lipinski definition) is 1. The standard InChI is InChI=1S/C17H25ClN4O2S/c1-20(11-16(23)19-13-2-3-13)17(24)12-22-8-6-21(7-9-22)10-14-4-5-15(18)25-14/h4-5,13H,2-3,6-12H2,1H3,(H,19,23). The molecule has 0 spiro atoms. The van der Waals surface area contributed by atoms with E-state index in [-0.39, 0.29) is 18.4 Å². The van der Waals surface area contributed by atoms with Crippen LogP contribution in [0.3, 0.4) is 0 Å². The van der Waals surface area contributed by atoms with Crippen LogP contribution in [0.2, 0.25) is 4.34 Å². The molecule has 0 atom stereocenters. The van der Waals surface area contributed by atoms with Gasteiger partial charge >= 0.3 is 0 Å². The number of amides is 2. The van der Waals surface area contributed by atoms with Crippen LogP contribution in [0.1, 0.15) is 17.7 Å². The second kappa shape index (κ2) is 8.49. The number of rotatable bonds is 7. The molecule has 25 heavy (non-hydrogen) atoms. The topological polar surface area (TPSA) is 55.9 Å². The van der Waals surface area contributed by atoms with E-state index in [0.717, 1.165) is 49.9 Å². The van der Waals surface area contributed by atoms with E-state index in [4.69, 9.17) is 11.6 Å². The fraction of sp³-hybridized carbons (Fsp3) is 0.647. The van der Waals surface area contributed by atoms with E-state index in [2.05, 4.69) is 21.2 Å². The summed E-state index contributed by atoms with van der Waals surface area (Å²) >= 11 is 7.60. The van der Waals surface area contributed by atoms with Crippen molar-refractivity contribution in [2.45, 2.75) is 25.4 Å². The van der Waals surface area contributed by atoms with Crippen LogP contribution in [0.15, 0.2) is 12.1 Å². The van der Waals surface area contributed by atoms with E-state index in [1.165, 1.54) is 9.78 Å². The van der Waals surface area contributed by atoms with E-state index >= 15 is 0 Å². The number of piperazine rings is 1. The summed E-state index contributed by atoms with van der Waals surface area (Å²) in [6.45, 7) is 5.06. The maximum atomic E-state index is 12.3. The molecule has 2 aliphatic rings. The number of nitrogens with zero attached hydrogens (tertiary/aromatic N) is 3. The summed E-state index contributed by atoms with van der Waals surface area (Å²) in [6.07, 6.45) is 2.12. The van der Waals surface area contributed by atoms with Crippen molar-refractivity contribution in [1.29, 1.82) is 0 Å². The molecule has 0 unspecified atom stereocenters. The zero-order valence-corrected chi connectivity index (χ0v) is 16.1. The van der Waals surface area contributed by atoms with Gasteiger partial charge in [-0.2, -0.15) is 0 Å². The maximum Gasteiger partial charge on any atom is 0.239 e. The van der Waals surface area contributed by atoms with Crippen LogP contribution in [0.25, 0.3) is 0 Å². The molecule has 1 saturated carbocycles. The molecule has 2 fully saturated rings. The quantitative estimate of drug-likeness (QED) is 0.768. The Bertz CT molecular complexity index is 612. The number of hydrogen-bond acceptors (Lipinski definition) is 5. The number of thiophene rings is 1. The third-order valence-electron chi connectivity index (χ3n) is 4.58. The van der Waals surface area contributed by atoms with Crippen LogP contribution >= 0.6 is 22.9 Å². The largest absolute Gasteiger partial charge is 0.352 e. The predicted molar refractivity (Wildman–Crippen MR) is 99.8 cm³/mol. The van der Waals surface area contributed by atoms with E-state index in [1.54, 1.807) is 18.4 Å². The minimum absolute atomic E-state index is 0.00411. The summed E-state index contributed by atoms with van der Waals surface area (Å²) in [5.74, 6) is -0.0535. The van der Waals surface area contributed by atoms with Gasteiger partial charge in [0.05, 0.1) is 17.4 Å². The average molecular weight is 385 g/mol. The van der Waals surface area contributed by atoms with E-state index in [9.17, 15) is 9.59 Å². The Morgan fingerprint density at radius 3 is 2.52 bits per heavy atom. The van der Waals surface area contributed by atoms with Gasteiger partial charge in [-0.15, -0.1) is 11.3 Å². The summed E-state index contributed by atoms with van der Waals surface area (Å²) in [6, 6.07) is 4.35. The highest BCUT2D eigenvalue weighted by atomic mass is 35.5. The first-order valence-corrected chi connectivity index (χ1v) is 9.91. The van der Waals surface area contributed by atoms with Crippen LogP contribution < -0.4 is 5.32 Å². The number of halogens is 1. The van der Waals surface area contributed by atoms with Crippen LogP contribution in [-0.2, 0) is 16.1 Å². The average Bonchev–Trinajstić information content (AvgIpc) is 3.29. The lowest BCUT2D eigenvalue weighted by molar-refractivity contribution is -0.136. The lowest BCUT2D eigenvalue weighted by Crippen LogP contribution is -2.50. The molecule has 1 saturated heterocycles. The Labute approximate surface area is 157 Å². The van der Waals surface area contributed by atoms with Crippen molar-refractivity contribution >= 4 is 34.8 Å². The van der Waals surface area contributed by atoms with E-state index in [1.807, 2.05) is 6.07 Å². The molecule has 0 aromatic carbocycles. The number of likely N-dealkylation sites (N-methyl/N-ethyl adjacent to an activating group) is 1. The molecule has 1 aromatic rings. The fourth-order valence-corrected chi connectivity index (χ4v) is 4.01. The van der Waals surface area contributed by atoms with Crippen molar-refractivity contribution in [1.82, 2.24) is 20.0 Å². The molecule has 1 aliphatic carbocycles. The summed E-state index contributed by atoms with van der Waals surface area (Å²) in [5.41, 5.74) is 0. The highest BCUT2D eigenvalue weighted by Crippen LogP contribution is 2.23. The highest BCUT2D eigenvalue weighted by molar-refractivity contribution is 7.16. The second-order valence-electron chi connectivity index (χ2n) is 6.85. The monoisotopic (exact) mass is 384 g/mol. The van der Waals surface area contributed by atoms with Gasteiger partial charge in [0.2, 0.25) is 11.8 Å². The molecule has 1 N–H and O–H groups in total. The predicted octanol–water partition coefficient (Wildman–Crippen LogP) is 1.26. The zero-order chi connectivity index (χ0) is 17.8. The number of carbonyl (C=O) groups is 2. The summed E-state index contributed by atoms with van der Waals surface area (Å²) in [5, 5.41) is 2.91. The zero-order valence-electron chi connectivity index (χ0n) is 14.5. The van der Waals surface area contributed by atoms with Gasteiger partial charge < -0.3 is 10.2 Å². The highest BCUT2D eigenvalue weighted by Gasteiger charge is 2.25. The van der Waals surface area contributed by atoms with Crippen molar-refractivity contribution in [2.75, 3.05) is 46.3 Å². The first-order chi connectivity index (χ1) is 12.0. The molecule has 3 rings (SSSR count). The van der Waals surface area contributed by atoms with Crippen LogP contribution in [0, 0.1) is 0 Å². The Morgan fingerprint density at radius 2 is 1.92 bits per heavy atom. The van der Waals surface area contributed by atoms with Crippen LogP contribution in [-0.4, -0.2) is 78.9 Å². The van der Waals surface area contributed by atoms with Crippen LogP contribution in [0.5, 0.6) is 0 Å². The van der Waals surface area contributed by atoms with Gasteiger partial charge in [0.1, 0.15) is 0 Å². The molecule has 8 heteroatoms. The van der Waals surface area contributed by atoms with Gasteiger partial charge in [0.25, 0.3) is 0 Å². The summed E-state index contributed by atoms with van der Waals surface area (Å²) < 4.78 is 0.827. The molecule has 1 aromatic heterocycles. The van der Waals surface area contributed by atoms with Crippen molar-refractivity contribution in [3.05, 3.63) is 21.3 Å². The number of nitrogens with one attached hydrogen (secondary N) is 1. The SMILES string of the molecule is CN(CC(=O)NC1CC1)C(=O)CN1CCN(Cc2ccc(Cl)s2)CC1. The molecule has 1 aliphatic heterocycles. The second-order valence-corrected chi connectivity index (χ2v) is 8.65. The van der Waals surface area contributed by atoms with Crippen molar-refractivity contribution in [2.24, 2.45) is 0 Å². The molecule has 0 bridgehead atoms. The van der Waals surface area contributed by atoms with Crippen molar-refractivity contribution in [3.63, 3.8) is 0 Å². The van der Waals surface area contributed by atoms with E-state index in [0.29, 0.717) is 12.6 Å². The molecule has 6 nitrogen and oxygen atoms in total. The molecular formula is C17H25ClN4O2S. The molecular weight excluding hydrogens is 360 g/mol. The lowest BCUT2D eigenvalue weighted by atomic mass is 10.3. The molecule has 138 valence electrons. The van der Waals surface area contributed by atoms with Gasteiger partial charge in [-0.1, -0.05) is 11.6 Å². The molecule has 2 heterocycles. The van der Waals surface area contributed by atoms with Crippen molar-refractivity contribution in [3.8, 4) is 0 Å². The fourth-order valence-electron chi connectivity index (χ4n) is 2.88. The summed E-state index contributed by atoms with van der Waals surface area (Å²) in [4.78, 5) is 31.4. The van der Waals surface area contributed by atoms with Gasteiger partial charge in [-0.25, -0.2) is 0 Å². The van der Waals surface area contributed by atoms with E-state index < -0.39 is 0 Å². The van der Waals surface area contributed by atoms with Gasteiger partial charge in [-0.05, 0) is 25.0 Å². The summed E-state index contributed by atoms with van der Waals surface area (Å²) in [7, 11) is 1.70. The molecule has 2 amide bonds. The normalized spacial score (nSPS) is 19.0. The first-order valence-electron chi connectivity index (χ1n) is 8.72. The minimum Gasteiger partial charge on any atom is -0.352 e. The third-order valence-corrected chi connectivity index (χ3v) is 5.80. The van der Waals surface area contributed by atoms with Crippen LogP contribution in [0.4, 0.5) is 0 Å². The van der Waals surface area contributed by atoms with Crippen molar-refractivity contribution < 1.29 is 9.59 Å². The minimum atomic E-state index is -0.0576. The van der Waals surface area contributed by atoms with Gasteiger partial charge in [0, 0.05) is 50.7 Å². The molecule has 0 radical (unpaired) electrons. The van der Waals surface area contributed by atoms with Gasteiger partial charge in [0.15, 0.2) is 0 Å². The smallest absolute Gasteiger partial charge is 0.239 e.